The largest absolute Gasteiger partial charge is 0.337 e. The SMILES string of the molecule is Cc1nnc2c(Nc3ccccc3C(C)N)nccn12. The maximum Gasteiger partial charge on any atom is 0.204 e. The van der Waals surface area contributed by atoms with Crippen molar-refractivity contribution in [3.05, 3.63) is 48.0 Å². The molecule has 0 saturated heterocycles. The van der Waals surface area contributed by atoms with E-state index >= 15 is 0 Å². The Hall–Kier alpha value is -2.47. The van der Waals surface area contributed by atoms with Crippen molar-refractivity contribution >= 4 is 17.2 Å². The summed E-state index contributed by atoms with van der Waals surface area (Å²) in [6.07, 6.45) is 3.56. The molecule has 0 radical (unpaired) electrons. The summed E-state index contributed by atoms with van der Waals surface area (Å²) in [7, 11) is 0. The highest BCUT2D eigenvalue weighted by Gasteiger charge is 2.11. The molecule has 2 aromatic heterocycles. The van der Waals surface area contributed by atoms with Crippen LogP contribution >= 0.6 is 0 Å². The third-order valence-electron chi connectivity index (χ3n) is 3.20. The Morgan fingerprint density at radius 1 is 1.25 bits per heavy atom. The van der Waals surface area contributed by atoms with Crippen molar-refractivity contribution in [1.29, 1.82) is 0 Å². The number of fused-ring (bicyclic) bond motifs is 1. The molecule has 102 valence electrons. The third-order valence-corrected chi connectivity index (χ3v) is 3.20. The molecular formula is C14H16N6. The zero-order valence-electron chi connectivity index (χ0n) is 11.4. The Labute approximate surface area is 116 Å². The molecule has 6 nitrogen and oxygen atoms in total. The molecule has 3 rings (SSSR count). The van der Waals surface area contributed by atoms with Crippen LogP contribution in [0.5, 0.6) is 0 Å². The molecule has 0 saturated carbocycles. The second-order valence-corrected chi connectivity index (χ2v) is 4.72. The number of nitrogens with zero attached hydrogens (tertiary/aromatic N) is 4. The lowest BCUT2D eigenvalue weighted by molar-refractivity contribution is 0.820. The molecule has 3 aromatic rings. The van der Waals surface area contributed by atoms with Gasteiger partial charge in [0.05, 0.1) is 0 Å². The predicted molar refractivity (Wildman–Crippen MR) is 77.8 cm³/mol. The molecule has 1 unspecified atom stereocenters. The van der Waals surface area contributed by atoms with E-state index in [1.54, 1.807) is 6.20 Å². The molecule has 0 fully saturated rings. The van der Waals surface area contributed by atoms with E-state index in [0.717, 1.165) is 17.1 Å². The minimum absolute atomic E-state index is 0.0574. The maximum absolute atomic E-state index is 5.99. The topological polar surface area (TPSA) is 81.1 Å². The van der Waals surface area contributed by atoms with Gasteiger partial charge in [0.15, 0.2) is 5.82 Å². The van der Waals surface area contributed by atoms with Crippen molar-refractivity contribution in [1.82, 2.24) is 19.6 Å². The first-order valence-electron chi connectivity index (χ1n) is 6.44. The molecule has 0 aliphatic heterocycles. The van der Waals surface area contributed by atoms with Gasteiger partial charge < -0.3 is 11.1 Å². The van der Waals surface area contributed by atoms with Crippen molar-refractivity contribution in [2.75, 3.05) is 5.32 Å². The van der Waals surface area contributed by atoms with Crippen LogP contribution in [0.1, 0.15) is 24.4 Å². The molecule has 0 aliphatic rings. The van der Waals surface area contributed by atoms with Gasteiger partial charge in [-0.3, -0.25) is 4.40 Å². The summed E-state index contributed by atoms with van der Waals surface area (Å²) < 4.78 is 1.89. The van der Waals surface area contributed by atoms with Crippen LogP contribution in [0.25, 0.3) is 5.65 Å². The first-order chi connectivity index (χ1) is 9.66. The van der Waals surface area contributed by atoms with Gasteiger partial charge in [0.2, 0.25) is 5.65 Å². The Balaban J connectivity index is 2.06. The molecule has 0 spiro atoms. The van der Waals surface area contributed by atoms with Crippen LogP contribution < -0.4 is 11.1 Å². The van der Waals surface area contributed by atoms with Crippen LogP contribution in [0.2, 0.25) is 0 Å². The van der Waals surface area contributed by atoms with Gasteiger partial charge in [-0.25, -0.2) is 4.98 Å². The highest BCUT2D eigenvalue weighted by Crippen LogP contribution is 2.25. The fraction of sp³-hybridized carbons (Fsp3) is 0.214. The zero-order chi connectivity index (χ0) is 14.1. The van der Waals surface area contributed by atoms with Gasteiger partial charge in [0.1, 0.15) is 5.82 Å². The van der Waals surface area contributed by atoms with Crippen LogP contribution in [0, 0.1) is 6.92 Å². The van der Waals surface area contributed by atoms with Gasteiger partial charge in [-0.2, -0.15) is 0 Å². The second-order valence-electron chi connectivity index (χ2n) is 4.72. The first kappa shape index (κ1) is 12.6. The summed E-state index contributed by atoms with van der Waals surface area (Å²) in [4.78, 5) is 4.34. The van der Waals surface area contributed by atoms with E-state index in [1.807, 2.05) is 48.7 Å². The lowest BCUT2D eigenvalue weighted by Crippen LogP contribution is -2.08. The molecule has 2 heterocycles. The van der Waals surface area contributed by atoms with Crippen LogP contribution in [-0.4, -0.2) is 19.6 Å². The van der Waals surface area contributed by atoms with E-state index < -0.39 is 0 Å². The van der Waals surface area contributed by atoms with Crippen LogP contribution in [0.15, 0.2) is 36.7 Å². The van der Waals surface area contributed by atoms with Crippen molar-refractivity contribution < 1.29 is 0 Å². The molecule has 3 N–H and O–H groups in total. The summed E-state index contributed by atoms with van der Waals surface area (Å²) in [5, 5.41) is 11.5. The molecule has 0 aliphatic carbocycles. The van der Waals surface area contributed by atoms with E-state index in [1.165, 1.54) is 0 Å². The maximum atomic E-state index is 5.99. The van der Waals surface area contributed by atoms with Crippen molar-refractivity contribution in [2.45, 2.75) is 19.9 Å². The van der Waals surface area contributed by atoms with Gasteiger partial charge in [-0.15, -0.1) is 10.2 Å². The number of aromatic nitrogens is 4. The van der Waals surface area contributed by atoms with E-state index in [-0.39, 0.29) is 6.04 Å². The Morgan fingerprint density at radius 3 is 2.85 bits per heavy atom. The quantitative estimate of drug-likeness (QED) is 0.761. The number of para-hydroxylation sites is 1. The average molecular weight is 268 g/mol. The van der Waals surface area contributed by atoms with Gasteiger partial charge >= 0.3 is 0 Å². The molecule has 0 bridgehead atoms. The fourth-order valence-electron chi connectivity index (χ4n) is 2.17. The number of rotatable bonds is 3. The normalized spacial score (nSPS) is 12.6. The lowest BCUT2D eigenvalue weighted by Gasteiger charge is -2.14. The van der Waals surface area contributed by atoms with Crippen molar-refractivity contribution in [3.8, 4) is 0 Å². The number of benzene rings is 1. The van der Waals surface area contributed by atoms with Crippen LogP contribution in [0.4, 0.5) is 11.5 Å². The number of hydrogen-bond donors (Lipinski definition) is 2. The number of nitrogens with one attached hydrogen (secondary N) is 1. The molecule has 20 heavy (non-hydrogen) atoms. The second kappa shape index (κ2) is 4.90. The number of hydrogen-bond acceptors (Lipinski definition) is 5. The Bertz CT molecular complexity index is 746. The van der Waals surface area contributed by atoms with Gasteiger partial charge in [-0.1, -0.05) is 18.2 Å². The standard InChI is InChI=1S/C14H16N6/c1-9(15)11-5-3-4-6-12(11)17-13-14-19-18-10(2)20(14)8-7-16-13/h3-9H,15H2,1-2H3,(H,16,17). The molecule has 0 amide bonds. The third kappa shape index (κ3) is 2.10. The molecule has 1 atom stereocenters. The summed E-state index contributed by atoms with van der Waals surface area (Å²) in [6, 6.07) is 7.86. The lowest BCUT2D eigenvalue weighted by atomic mass is 10.1. The van der Waals surface area contributed by atoms with E-state index in [0.29, 0.717) is 11.5 Å². The number of anilines is 2. The van der Waals surface area contributed by atoms with Crippen molar-refractivity contribution in [3.63, 3.8) is 0 Å². The van der Waals surface area contributed by atoms with Crippen molar-refractivity contribution in [2.24, 2.45) is 5.73 Å². The first-order valence-corrected chi connectivity index (χ1v) is 6.44. The summed E-state index contributed by atoms with van der Waals surface area (Å²) in [5.74, 6) is 1.49. The molecule has 6 heteroatoms. The van der Waals surface area contributed by atoms with Gasteiger partial charge in [0.25, 0.3) is 0 Å². The Kier molecular flexibility index (Phi) is 3.08. The van der Waals surface area contributed by atoms with E-state index in [2.05, 4.69) is 20.5 Å². The van der Waals surface area contributed by atoms with Crippen LogP contribution in [-0.2, 0) is 0 Å². The molecule has 1 aromatic carbocycles. The highest BCUT2D eigenvalue weighted by atomic mass is 15.3. The van der Waals surface area contributed by atoms with E-state index in [9.17, 15) is 0 Å². The average Bonchev–Trinajstić information content (AvgIpc) is 2.82. The zero-order valence-corrected chi connectivity index (χ0v) is 11.4. The molecular weight excluding hydrogens is 252 g/mol. The Morgan fingerprint density at radius 2 is 2.05 bits per heavy atom. The minimum atomic E-state index is -0.0574. The fourth-order valence-corrected chi connectivity index (χ4v) is 2.17. The van der Waals surface area contributed by atoms with E-state index in [4.69, 9.17) is 5.73 Å². The summed E-state index contributed by atoms with van der Waals surface area (Å²) in [5.41, 5.74) is 8.66. The highest BCUT2D eigenvalue weighted by molar-refractivity contribution is 5.71. The number of nitrogens with two attached hydrogens (primary N) is 1. The summed E-state index contributed by atoms with van der Waals surface area (Å²) in [6.45, 7) is 3.86. The van der Waals surface area contributed by atoms with Crippen LogP contribution in [0.3, 0.4) is 0 Å². The smallest absolute Gasteiger partial charge is 0.204 e. The monoisotopic (exact) mass is 268 g/mol. The van der Waals surface area contributed by atoms with Gasteiger partial charge in [0, 0.05) is 24.1 Å². The summed E-state index contributed by atoms with van der Waals surface area (Å²) >= 11 is 0. The van der Waals surface area contributed by atoms with Gasteiger partial charge in [-0.05, 0) is 25.5 Å². The predicted octanol–water partition coefficient (Wildman–Crippen LogP) is 2.20. The number of aryl methyl sites for hydroxylation is 1. The minimum Gasteiger partial charge on any atom is -0.337 e.